The quantitative estimate of drug-likeness (QED) is 0.292. The summed E-state index contributed by atoms with van der Waals surface area (Å²) in [5.74, 6) is -2.58. The van der Waals surface area contributed by atoms with E-state index in [4.69, 9.17) is 9.78 Å². The molecule has 0 spiro atoms. The van der Waals surface area contributed by atoms with E-state index < -0.39 is 11.9 Å². The average molecular weight is 511 g/mol. The van der Waals surface area contributed by atoms with Gasteiger partial charge < -0.3 is 25.6 Å². The predicted molar refractivity (Wildman–Crippen MR) is 139 cm³/mol. The number of hydrogen-bond donors (Lipinski definition) is 4. The van der Waals surface area contributed by atoms with Crippen molar-refractivity contribution < 1.29 is 28.8 Å². The van der Waals surface area contributed by atoms with Crippen molar-refractivity contribution in [3.63, 3.8) is 0 Å². The standard InChI is InChI=1S/C27H21N5O6/c1-13-8-17(29-14(2)33)5-6-18(13)19-10-21-24(11-23(19)30-15(3)34)38-32-25(21)26(35)31-22-7-4-16(12-28)9-20(22)27(36)37/h4-11H,1-3H3,(H,29,33)(H,30,34)(H,31,35)(H,36,37). The number of nitrogens with zero attached hydrogens (tertiary/aromatic N) is 2. The van der Waals surface area contributed by atoms with Gasteiger partial charge in [-0.15, -0.1) is 0 Å². The van der Waals surface area contributed by atoms with Gasteiger partial charge in [-0.05, 0) is 54.4 Å². The Balaban J connectivity index is 1.80. The molecule has 3 amide bonds. The van der Waals surface area contributed by atoms with E-state index >= 15 is 0 Å². The lowest BCUT2D eigenvalue weighted by Crippen LogP contribution is -2.15. The first-order chi connectivity index (χ1) is 18.1. The number of nitriles is 1. The van der Waals surface area contributed by atoms with Crippen molar-refractivity contribution in [1.29, 1.82) is 5.26 Å². The molecular formula is C27H21N5O6. The van der Waals surface area contributed by atoms with Crippen LogP contribution in [0.3, 0.4) is 0 Å². The van der Waals surface area contributed by atoms with Crippen LogP contribution in [-0.4, -0.2) is 34.0 Å². The third-order valence-corrected chi connectivity index (χ3v) is 5.60. The minimum Gasteiger partial charge on any atom is -0.478 e. The van der Waals surface area contributed by atoms with Crippen LogP contribution in [0.4, 0.5) is 17.1 Å². The third kappa shape index (κ3) is 5.19. The van der Waals surface area contributed by atoms with Crippen LogP contribution in [0.25, 0.3) is 22.1 Å². The highest BCUT2D eigenvalue weighted by atomic mass is 16.5. The van der Waals surface area contributed by atoms with Gasteiger partial charge in [0.1, 0.15) is 0 Å². The topological polar surface area (TPSA) is 174 Å². The van der Waals surface area contributed by atoms with Gasteiger partial charge in [0, 0.05) is 31.2 Å². The Hall–Kier alpha value is -5.50. The summed E-state index contributed by atoms with van der Waals surface area (Å²) >= 11 is 0. The molecule has 0 saturated carbocycles. The molecule has 0 fully saturated rings. The van der Waals surface area contributed by atoms with E-state index in [0.717, 1.165) is 17.2 Å². The lowest BCUT2D eigenvalue weighted by atomic mass is 9.96. The van der Waals surface area contributed by atoms with Crippen molar-refractivity contribution in [3.8, 4) is 17.2 Å². The molecule has 0 bridgehead atoms. The molecular weight excluding hydrogens is 490 g/mol. The van der Waals surface area contributed by atoms with Gasteiger partial charge >= 0.3 is 5.97 Å². The number of rotatable bonds is 6. The molecule has 38 heavy (non-hydrogen) atoms. The van der Waals surface area contributed by atoms with Crippen LogP contribution in [0.15, 0.2) is 53.1 Å². The lowest BCUT2D eigenvalue weighted by molar-refractivity contribution is -0.115. The summed E-state index contributed by atoms with van der Waals surface area (Å²) < 4.78 is 5.36. The number of aromatic carboxylic acids is 1. The van der Waals surface area contributed by atoms with E-state index in [9.17, 15) is 24.3 Å². The SMILES string of the molecule is CC(=O)Nc1ccc(-c2cc3c(C(=O)Nc4ccc(C#N)cc4C(=O)O)noc3cc2NC(C)=O)c(C)c1. The van der Waals surface area contributed by atoms with Crippen molar-refractivity contribution in [3.05, 3.63) is 70.9 Å². The predicted octanol–water partition coefficient (Wildman–Crippen LogP) is 4.54. The largest absolute Gasteiger partial charge is 0.478 e. The van der Waals surface area contributed by atoms with Crippen LogP contribution >= 0.6 is 0 Å². The van der Waals surface area contributed by atoms with Gasteiger partial charge in [-0.2, -0.15) is 5.26 Å². The Kier molecular flexibility index (Phi) is 6.89. The van der Waals surface area contributed by atoms with Gasteiger partial charge in [0.25, 0.3) is 5.91 Å². The zero-order chi connectivity index (χ0) is 27.6. The number of carboxylic acids is 1. The maximum Gasteiger partial charge on any atom is 0.337 e. The first kappa shape index (κ1) is 25.6. The fraction of sp³-hybridized carbons (Fsp3) is 0.111. The Labute approximate surface area is 216 Å². The van der Waals surface area contributed by atoms with E-state index in [2.05, 4.69) is 21.1 Å². The second kappa shape index (κ2) is 10.2. The molecule has 11 heteroatoms. The number of aromatic nitrogens is 1. The van der Waals surface area contributed by atoms with Crippen LogP contribution in [0.2, 0.25) is 0 Å². The van der Waals surface area contributed by atoms with Crippen molar-refractivity contribution in [2.75, 3.05) is 16.0 Å². The molecule has 0 radical (unpaired) electrons. The molecule has 11 nitrogen and oxygen atoms in total. The van der Waals surface area contributed by atoms with E-state index in [0.29, 0.717) is 22.3 Å². The van der Waals surface area contributed by atoms with Crippen LogP contribution in [0.5, 0.6) is 0 Å². The fourth-order valence-corrected chi connectivity index (χ4v) is 3.99. The molecule has 3 aromatic carbocycles. The normalized spacial score (nSPS) is 10.5. The Morgan fingerprint density at radius 2 is 1.63 bits per heavy atom. The van der Waals surface area contributed by atoms with Gasteiger partial charge in [0.15, 0.2) is 11.3 Å². The molecule has 0 aliphatic carbocycles. The minimum atomic E-state index is -1.32. The fourth-order valence-electron chi connectivity index (χ4n) is 3.99. The Morgan fingerprint density at radius 1 is 0.895 bits per heavy atom. The number of carboxylic acid groups (broad SMARTS) is 1. The summed E-state index contributed by atoms with van der Waals surface area (Å²) in [5.41, 5.74) is 3.06. The van der Waals surface area contributed by atoms with Gasteiger partial charge in [0.05, 0.1) is 34.0 Å². The first-order valence-corrected chi connectivity index (χ1v) is 11.3. The van der Waals surface area contributed by atoms with E-state index in [-0.39, 0.29) is 39.9 Å². The van der Waals surface area contributed by atoms with E-state index in [1.807, 2.05) is 13.0 Å². The van der Waals surface area contributed by atoms with Crippen LogP contribution in [-0.2, 0) is 9.59 Å². The number of carbonyl (C=O) groups is 4. The summed E-state index contributed by atoms with van der Waals surface area (Å²) in [6.45, 7) is 4.60. The molecule has 0 aliphatic rings. The van der Waals surface area contributed by atoms with Gasteiger partial charge in [-0.1, -0.05) is 11.2 Å². The van der Waals surface area contributed by atoms with Gasteiger partial charge in [-0.25, -0.2) is 4.79 Å². The number of carbonyl (C=O) groups excluding carboxylic acids is 3. The van der Waals surface area contributed by atoms with Crippen LogP contribution in [0, 0.1) is 18.3 Å². The number of anilines is 3. The third-order valence-electron chi connectivity index (χ3n) is 5.60. The smallest absolute Gasteiger partial charge is 0.337 e. The Bertz CT molecular complexity index is 1680. The first-order valence-electron chi connectivity index (χ1n) is 11.3. The van der Waals surface area contributed by atoms with Crippen LogP contribution in [0.1, 0.15) is 45.8 Å². The molecule has 0 unspecified atom stereocenters. The summed E-state index contributed by atoms with van der Waals surface area (Å²) in [6.07, 6.45) is 0. The molecule has 1 aromatic heterocycles. The number of nitrogens with one attached hydrogen (secondary N) is 3. The number of benzene rings is 3. The van der Waals surface area contributed by atoms with E-state index in [1.165, 1.54) is 26.0 Å². The second-order valence-electron chi connectivity index (χ2n) is 8.45. The molecule has 1 heterocycles. The highest BCUT2D eigenvalue weighted by molar-refractivity contribution is 6.14. The molecule has 4 aromatic rings. The van der Waals surface area contributed by atoms with Crippen LogP contribution < -0.4 is 16.0 Å². The average Bonchev–Trinajstić information content (AvgIpc) is 3.26. The van der Waals surface area contributed by atoms with Crippen molar-refractivity contribution in [1.82, 2.24) is 5.16 Å². The van der Waals surface area contributed by atoms with Gasteiger partial charge in [0.2, 0.25) is 11.8 Å². The zero-order valence-electron chi connectivity index (χ0n) is 20.5. The van der Waals surface area contributed by atoms with Crippen molar-refractivity contribution in [2.45, 2.75) is 20.8 Å². The number of aryl methyl sites for hydroxylation is 1. The minimum absolute atomic E-state index is 0.0165. The van der Waals surface area contributed by atoms with E-state index in [1.54, 1.807) is 30.3 Å². The second-order valence-corrected chi connectivity index (χ2v) is 8.45. The molecule has 0 aliphatic heterocycles. The number of hydrogen-bond acceptors (Lipinski definition) is 7. The summed E-state index contributed by atoms with van der Waals surface area (Å²) in [5, 5.41) is 30.8. The highest BCUT2D eigenvalue weighted by Gasteiger charge is 2.22. The zero-order valence-corrected chi connectivity index (χ0v) is 20.5. The molecule has 4 rings (SSSR count). The Morgan fingerprint density at radius 3 is 2.26 bits per heavy atom. The van der Waals surface area contributed by atoms with Crippen molar-refractivity contribution in [2.24, 2.45) is 0 Å². The lowest BCUT2D eigenvalue weighted by Gasteiger charge is -2.14. The maximum atomic E-state index is 13.1. The molecule has 4 N–H and O–H groups in total. The molecule has 190 valence electrons. The molecule has 0 atom stereocenters. The summed E-state index contributed by atoms with van der Waals surface area (Å²) in [6, 6.07) is 14.2. The highest BCUT2D eigenvalue weighted by Crippen LogP contribution is 2.37. The van der Waals surface area contributed by atoms with Crippen molar-refractivity contribution >= 4 is 51.7 Å². The maximum absolute atomic E-state index is 13.1. The summed E-state index contributed by atoms with van der Waals surface area (Å²) in [4.78, 5) is 48.1. The number of amides is 3. The molecule has 0 saturated heterocycles. The summed E-state index contributed by atoms with van der Waals surface area (Å²) in [7, 11) is 0. The number of fused-ring (bicyclic) bond motifs is 1. The van der Waals surface area contributed by atoms with Gasteiger partial charge in [-0.3, -0.25) is 14.4 Å². The monoisotopic (exact) mass is 511 g/mol.